The van der Waals surface area contributed by atoms with Crippen molar-refractivity contribution in [1.29, 1.82) is 0 Å². The van der Waals surface area contributed by atoms with Crippen LogP contribution in [-0.2, 0) is 33.5 Å². The number of carbonyl (C=O) groups excluding carboxylic acids is 3. The third-order valence-electron chi connectivity index (χ3n) is 8.84. The molecule has 1 saturated carbocycles. The van der Waals surface area contributed by atoms with Crippen LogP contribution in [0.3, 0.4) is 0 Å². The van der Waals surface area contributed by atoms with Crippen LogP contribution in [0.2, 0.25) is 0 Å². The average molecular weight is 634 g/mol. The molecule has 1 amide bonds. The van der Waals surface area contributed by atoms with Gasteiger partial charge in [-0.1, -0.05) is 85.3 Å². The number of hydrogen-bond acceptors (Lipinski definition) is 6. The number of methoxy groups -OCH3 is 2. The summed E-state index contributed by atoms with van der Waals surface area (Å²) in [5.41, 5.74) is 6.85. The number of nitrogens with one attached hydrogen (secondary N) is 1. The predicted octanol–water partition coefficient (Wildman–Crippen LogP) is 7.40. The molecule has 1 aliphatic carbocycles. The normalized spacial score (nSPS) is 15.8. The van der Waals surface area contributed by atoms with Gasteiger partial charge in [0.15, 0.2) is 0 Å². The molecule has 47 heavy (non-hydrogen) atoms. The van der Waals surface area contributed by atoms with E-state index in [-0.39, 0.29) is 35.0 Å². The second kappa shape index (κ2) is 16.6. The van der Waals surface area contributed by atoms with Gasteiger partial charge in [0.25, 0.3) is 5.91 Å². The maximum Gasteiger partial charge on any atom is 0.337 e. The van der Waals surface area contributed by atoms with Crippen LogP contribution in [0.4, 0.5) is 0 Å². The van der Waals surface area contributed by atoms with Gasteiger partial charge in [-0.25, -0.2) is 4.79 Å². The van der Waals surface area contributed by atoms with Gasteiger partial charge in [0, 0.05) is 6.04 Å². The summed E-state index contributed by atoms with van der Waals surface area (Å²) >= 11 is 0. The van der Waals surface area contributed by atoms with E-state index in [9.17, 15) is 14.4 Å². The molecule has 2 unspecified atom stereocenters. The van der Waals surface area contributed by atoms with E-state index < -0.39 is 5.97 Å². The van der Waals surface area contributed by atoms with E-state index in [1.54, 1.807) is 12.1 Å². The van der Waals surface area contributed by atoms with Gasteiger partial charge in [-0.15, -0.1) is 0 Å². The fourth-order valence-corrected chi connectivity index (χ4v) is 6.16. The molecule has 1 aliphatic rings. The van der Waals surface area contributed by atoms with Crippen molar-refractivity contribution in [3.63, 3.8) is 0 Å². The Morgan fingerprint density at radius 1 is 0.723 bits per heavy atom. The van der Waals surface area contributed by atoms with Gasteiger partial charge >= 0.3 is 11.9 Å². The van der Waals surface area contributed by atoms with Crippen LogP contribution in [-0.4, -0.2) is 44.7 Å². The summed E-state index contributed by atoms with van der Waals surface area (Å²) in [4.78, 5) is 37.7. The molecule has 0 saturated heterocycles. The number of aryl methyl sites for hydroxylation is 3. The van der Waals surface area contributed by atoms with Crippen molar-refractivity contribution in [1.82, 2.24) is 5.32 Å². The Bertz CT molecular complexity index is 1630. The lowest BCUT2D eigenvalue weighted by atomic mass is 9.85. The molecule has 5 rings (SSSR count). The lowest BCUT2D eigenvalue weighted by Gasteiger charge is -2.28. The molecule has 0 spiro atoms. The molecule has 0 aromatic heterocycles. The SMILES string of the molecule is COC(=O)c1ccc(OCCCc2ccc(CCc3ccc(-c4ccccc4)cc3)cc2)c(C(=O)NC2CCCC(C(=O)OC)C2)c1. The lowest BCUT2D eigenvalue weighted by Crippen LogP contribution is -2.40. The largest absolute Gasteiger partial charge is 0.493 e. The van der Waals surface area contributed by atoms with Gasteiger partial charge in [-0.3, -0.25) is 9.59 Å². The summed E-state index contributed by atoms with van der Waals surface area (Å²) in [6, 6.07) is 32.5. The van der Waals surface area contributed by atoms with Crippen molar-refractivity contribution in [2.75, 3.05) is 20.8 Å². The Balaban J connectivity index is 1.12. The van der Waals surface area contributed by atoms with Crippen LogP contribution in [0.1, 0.15) is 69.5 Å². The van der Waals surface area contributed by atoms with Gasteiger partial charge in [0.1, 0.15) is 5.75 Å². The van der Waals surface area contributed by atoms with Gasteiger partial charge in [-0.2, -0.15) is 0 Å². The maximum atomic E-state index is 13.4. The number of amides is 1. The quantitative estimate of drug-likeness (QED) is 0.122. The standard InChI is InChI=1S/C40H43NO6/c1-45-39(43)33-11-6-12-35(26-33)41-38(42)36-27-34(40(44)46-2)23-24-37(36)47-25-7-8-28-13-15-29(16-14-28)17-18-30-19-21-32(22-20-30)31-9-4-3-5-10-31/h3-5,9-10,13-16,19-24,27,33,35H,6-8,11-12,17-18,25-26H2,1-2H3,(H,41,42). The molecule has 1 N–H and O–H groups in total. The molecule has 0 radical (unpaired) electrons. The van der Waals surface area contributed by atoms with Crippen molar-refractivity contribution in [3.8, 4) is 16.9 Å². The second-order valence-corrected chi connectivity index (χ2v) is 12.1. The first-order chi connectivity index (χ1) is 22.9. The molecule has 0 heterocycles. The first-order valence-electron chi connectivity index (χ1n) is 16.4. The number of hydrogen-bond donors (Lipinski definition) is 1. The smallest absolute Gasteiger partial charge is 0.337 e. The highest BCUT2D eigenvalue weighted by molar-refractivity contribution is 6.00. The number of esters is 2. The highest BCUT2D eigenvalue weighted by atomic mass is 16.5. The Morgan fingerprint density at radius 3 is 2.02 bits per heavy atom. The fourth-order valence-electron chi connectivity index (χ4n) is 6.16. The zero-order valence-electron chi connectivity index (χ0n) is 27.2. The third kappa shape index (κ3) is 9.32. The Hall–Kier alpha value is -4.91. The fraction of sp³-hybridized carbons (Fsp3) is 0.325. The maximum absolute atomic E-state index is 13.4. The second-order valence-electron chi connectivity index (χ2n) is 12.1. The number of ether oxygens (including phenoxy) is 3. The first-order valence-corrected chi connectivity index (χ1v) is 16.4. The lowest BCUT2D eigenvalue weighted by molar-refractivity contribution is -0.146. The van der Waals surface area contributed by atoms with E-state index >= 15 is 0 Å². The Morgan fingerprint density at radius 2 is 1.36 bits per heavy atom. The summed E-state index contributed by atoms with van der Waals surface area (Å²) < 4.78 is 15.9. The predicted molar refractivity (Wildman–Crippen MR) is 183 cm³/mol. The van der Waals surface area contributed by atoms with Crippen molar-refractivity contribution < 1.29 is 28.6 Å². The van der Waals surface area contributed by atoms with Crippen LogP contribution in [0.25, 0.3) is 11.1 Å². The van der Waals surface area contributed by atoms with Gasteiger partial charge in [-0.05, 0) is 91.0 Å². The van der Waals surface area contributed by atoms with Crippen molar-refractivity contribution in [2.24, 2.45) is 5.92 Å². The highest BCUT2D eigenvalue weighted by Crippen LogP contribution is 2.27. The minimum absolute atomic E-state index is 0.168. The Labute approximate surface area is 277 Å². The van der Waals surface area contributed by atoms with E-state index in [2.05, 4.69) is 78.1 Å². The van der Waals surface area contributed by atoms with Crippen LogP contribution >= 0.6 is 0 Å². The minimum atomic E-state index is -0.529. The monoisotopic (exact) mass is 633 g/mol. The van der Waals surface area contributed by atoms with Gasteiger partial charge in [0.2, 0.25) is 0 Å². The zero-order valence-corrected chi connectivity index (χ0v) is 27.2. The first kappa shape index (κ1) is 33.5. The van der Waals surface area contributed by atoms with Crippen LogP contribution in [0.15, 0.2) is 97.1 Å². The average Bonchev–Trinajstić information content (AvgIpc) is 3.13. The van der Waals surface area contributed by atoms with Crippen molar-refractivity contribution >= 4 is 17.8 Å². The van der Waals surface area contributed by atoms with Crippen LogP contribution in [0, 0.1) is 5.92 Å². The number of rotatable bonds is 13. The number of carbonyl (C=O) groups is 3. The summed E-state index contributed by atoms with van der Waals surface area (Å²) in [6.45, 7) is 0.409. The van der Waals surface area contributed by atoms with Crippen molar-refractivity contribution in [2.45, 2.75) is 57.4 Å². The molecule has 7 nitrogen and oxygen atoms in total. The van der Waals surface area contributed by atoms with Crippen molar-refractivity contribution in [3.05, 3.63) is 125 Å². The number of benzene rings is 4. The van der Waals surface area contributed by atoms with Gasteiger partial charge in [0.05, 0.1) is 37.9 Å². The van der Waals surface area contributed by atoms with Crippen LogP contribution < -0.4 is 10.1 Å². The summed E-state index contributed by atoms with van der Waals surface area (Å²) in [5.74, 6) is -0.951. The molecule has 244 valence electrons. The topological polar surface area (TPSA) is 90.9 Å². The summed E-state index contributed by atoms with van der Waals surface area (Å²) in [5, 5.41) is 3.04. The third-order valence-corrected chi connectivity index (χ3v) is 8.84. The highest BCUT2D eigenvalue weighted by Gasteiger charge is 2.29. The molecule has 0 aliphatic heterocycles. The van der Waals surface area contributed by atoms with E-state index in [1.165, 1.54) is 48.1 Å². The summed E-state index contributed by atoms with van der Waals surface area (Å²) in [6.07, 6.45) is 6.41. The van der Waals surface area contributed by atoms with E-state index in [1.807, 2.05) is 6.07 Å². The minimum Gasteiger partial charge on any atom is -0.493 e. The van der Waals surface area contributed by atoms with Gasteiger partial charge < -0.3 is 19.5 Å². The van der Waals surface area contributed by atoms with E-state index in [0.29, 0.717) is 18.8 Å². The molecule has 0 bridgehead atoms. The molecular formula is C40H43NO6. The Kier molecular flexibility index (Phi) is 11.8. The molecular weight excluding hydrogens is 590 g/mol. The molecule has 2 atom stereocenters. The molecule has 4 aromatic rings. The van der Waals surface area contributed by atoms with E-state index in [0.717, 1.165) is 44.9 Å². The molecule has 4 aromatic carbocycles. The summed E-state index contributed by atoms with van der Waals surface area (Å²) in [7, 11) is 2.69. The molecule has 7 heteroatoms. The van der Waals surface area contributed by atoms with E-state index in [4.69, 9.17) is 14.2 Å². The zero-order chi connectivity index (χ0) is 33.0. The van der Waals surface area contributed by atoms with Crippen LogP contribution in [0.5, 0.6) is 5.75 Å². The molecule has 1 fully saturated rings.